The van der Waals surface area contributed by atoms with Crippen LogP contribution in [0.3, 0.4) is 0 Å². The van der Waals surface area contributed by atoms with Gasteiger partial charge in [0.2, 0.25) is 0 Å². The van der Waals surface area contributed by atoms with Crippen molar-refractivity contribution in [1.82, 2.24) is 14.9 Å². The second kappa shape index (κ2) is 6.57. The van der Waals surface area contributed by atoms with E-state index in [2.05, 4.69) is 46.9 Å². The van der Waals surface area contributed by atoms with E-state index in [0.29, 0.717) is 6.61 Å². The molecule has 0 aliphatic carbocycles. The van der Waals surface area contributed by atoms with Crippen LogP contribution in [0.25, 0.3) is 0 Å². The molecule has 1 atom stereocenters. The molecule has 108 valence electrons. The van der Waals surface area contributed by atoms with Gasteiger partial charge in [0.25, 0.3) is 0 Å². The lowest BCUT2D eigenvalue weighted by Crippen LogP contribution is -2.15. The van der Waals surface area contributed by atoms with E-state index in [1.54, 1.807) is 0 Å². The Bertz CT molecular complexity index is 563. The van der Waals surface area contributed by atoms with Crippen LogP contribution < -0.4 is 10.1 Å². The van der Waals surface area contributed by atoms with Crippen molar-refractivity contribution in [3.63, 3.8) is 0 Å². The van der Waals surface area contributed by atoms with Crippen LogP contribution >= 0.6 is 0 Å². The number of nitrogens with zero attached hydrogens (tertiary/aromatic N) is 2. The summed E-state index contributed by atoms with van der Waals surface area (Å²) < 4.78 is 8.05. The maximum Gasteiger partial charge on any atom is 0.124 e. The van der Waals surface area contributed by atoms with E-state index in [0.717, 1.165) is 18.1 Å². The molecule has 0 aliphatic rings. The van der Waals surface area contributed by atoms with Crippen LogP contribution in [0.15, 0.2) is 30.6 Å². The summed E-state index contributed by atoms with van der Waals surface area (Å²) in [6.07, 6.45) is 3.79. The molecule has 4 nitrogen and oxygen atoms in total. The van der Waals surface area contributed by atoms with Gasteiger partial charge < -0.3 is 14.6 Å². The van der Waals surface area contributed by atoms with Crippen molar-refractivity contribution < 1.29 is 4.74 Å². The first-order chi connectivity index (χ1) is 9.61. The van der Waals surface area contributed by atoms with Gasteiger partial charge in [0, 0.05) is 24.0 Å². The third-order valence-electron chi connectivity index (χ3n) is 3.58. The Morgan fingerprint density at radius 3 is 2.80 bits per heavy atom. The molecule has 2 aromatic rings. The Morgan fingerprint density at radius 1 is 1.35 bits per heavy atom. The summed E-state index contributed by atoms with van der Waals surface area (Å²) in [5, 5.41) is 3.27. The Kier molecular flexibility index (Phi) is 4.79. The van der Waals surface area contributed by atoms with Crippen LogP contribution in [0.1, 0.15) is 29.9 Å². The van der Waals surface area contributed by atoms with E-state index in [4.69, 9.17) is 4.74 Å². The molecular formula is C16H23N3O. The normalized spacial score (nSPS) is 12.4. The van der Waals surface area contributed by atoms with Gasteiger partial charge in [-0.15, -0.1) is 0 Å². The van der Waals surface area contributed by atoms with Gasteiger partial charge in [-0.25, -0.2) is 4.98 Å². The summed E-state index contributed by atoms with van der Waals surface area (Å²) >= 11 is 0. The Balaban J connectivity index is 2.04. The van der Waals surface area contributed by atoms with Crippen molar-refractivity contribution in [2.45, 2.75) is 33.4 Å². The van der Waals surface area contributed by atoms with Crippen LogP contribution in [0.5, 0.6) is 5.75 Å². The quantitative estimate of drug-likeness (QED) is 0.879. The predicted molar refractivity (Wildman–Crippen MR) is 81.1 cm³/mol. The fourth-order valence-electron chi connectivity index (χ4n) is 2.19. The second-order valence-electron chi connectivity index (χ2n) is 5.07. The molecule has 0 spiro atoms. The van der Waals surface area contributed by atoms with Crippen molar-refractivity contribution >= 4 is 0 Å². The smallest absolute Gasteiger partial charge is 0.124 e. The molecule has 1 unspecified atom stereocenters. The maximum atomic E-state index is 5.95. The average Bonchev–Trinajstić information content (AvgIpc) is 2.85. The molecule has 0 fully saturated rings. The molecule has 1 N–H and O–H groups in total. The molecule has 1 aromatic heterocycles. The summed E-state index contributed by atoms with van der Waals surface area (Å²) in [5.74, 6) is 1.97. The van der Waals surface area contributed by atoms with Crippen molar-refractivity contribution in [1.29, 1.82) is 0 Å². The van der Waals surface area contributed by atoms with Crippen molar-refractivity contribution in [3.05, 3.63) is 47.5 Å². The molecule has 0 bridgehead atoms. The number of hydrogen-bond donors (Lipinski definition) is 1. The van der Waals surface area contributed by atoms with E-state index in [9.17, 15) is 0 Å². The molecule has 4 heteroatoms. The van der Waals surface area contributed by atoms with Crippen LogP contribution in [-0.2, 0) is 6.54 Å². The zero-order chi connectivity index (χ0) is 14.5. The summed E-state index contributed by atoms with van der Waals surface area (Å²) in [6, 6.07) is 6.60. The van der Waals surface area contributed by atoms with Gasteiger partial charge in [0.15, 0.2) is 0 Å². The van der Waals surface area contributed by atoms with Crippen LogP contribution in [0.4, 0.5) is 0 Å². The predicted octanol–water partition coefficient (Wildman–Crippen LogP) is 2.86. The number of benzene rings is 1. The molecule has 20 heavy (non-hydrogen) atoms. The van der Waals surface area contributed by atoms with E-state index in [1.807, 2.05) is 26.4 Å². The van der Waals surface area contributed by atoms with E-state index in [1.165, 1.54) is 11.1 Å². The highest BCUT2D eigenvalue weighted by atomic mass is 16.5. The monoisotopic (exact) mass is 273 g/mol. The zero-order valence-electron chi connectivity index (χ0n) is 12.7. The van der Waals surface area contributed by atoms with Gasteiger partial charge in [-0.2, -0.15) is 0 Å². The molecule has 0 aliphatic heterocycles. The van der Waals surface area contributed by atoms with Gasteiger partial charge in [-0.05, 0) is 33.9 Å². The minimum Gasteiger partial charge on any atom is -0.491 e. The van der Waals surface area contributed by atoms with Crippen LogP contribution in [0.2, 0.25) is 0 Å². The van der Waals surface area contributed by atoms with Gasteiger partial charge >= 0.3 is 0 Å². The fraction of sp³-hybridized carbons (Fsp3) is 0.438. The number of nitrogens with one attached hydrogen (secondary N) is 1. The molecule has 2 rings (SSSR count). The minimum atomic E-state index is 0.278. The van der Waals surface area contributed by atoms with Crippen LogP contribution in [0, 0.1) is 13.8 Å². The number of aryl methyl sites for hydroxylation is 2. The lowest BCUT2D eigenvalue weighted by molar-refractivity contribution is 0.292. The topological polar surface area (TPSA) is 39.1 Å². The van der Waals surface area contributed by atoms with E-state index < -0.39 is 0 Å². The first-order valence-corrected chi connectivity index (χ1v) is 7.00. The highest BCUT2D eigenvalue weighted by Gasteiger charge is 2.10. The first-order valence-electron chi connectivity index (χ1n) is 7.00. The van der Waals surface area contributed by atoms with Crippen molar-refractivity contribution in [3.8, 4) is 5.75 Å². The first kappa shape index (κ1) is 14.6. The van der Waals surface area contributed by atoms with E-state index in [-0.39, 0.29) is 6.04 Å². The lowest BCUT2D eigenvalue weighted by Gasteiger charge is -2.17. The highest BCUT2D eigenvalue weighted by molar-refractivity contribution is 5.38. The van der Waals surface area contributed by atoms with E-state index >= 15 is 0 Å². The Morgan fingerprint density at radius 2 is 2.15 bits per heavy atom. The SMILES string of the molecule is CNC(C)c1cc(C)ccc1OCCn1ccnc1C. The van der Waals surface area contributed by atoms with Gasteiger partial charge in [-0.1, -0.05) is 17.7 Å². The summed E-state index contributed by atoms with van der Waals surface area (Å²) in [7, 11) is 1.96. The summed E-state index contributed by atoms with van der Waals surface area (Å²) in [6.45, 7) is 7.70. The average molecular weight is 273 g/mol. The minimum absolute atomic E-state index is 0.278. The molecule has 0 saturated heterocycles. The van der Waals surface area contributed by atoms with Crippen molar-refractivity contribution in [2.75, 3.05) is 13.7 Å². The second-order valence-corrected chi connectivity index (χ2v) is 5.07. The Hall–Kier alpha value is -1.81. The third-order valence-corrected chi connectivity index (χ3v) is 3.58. The molecule has 1 heterocycles. The lowest BCUT2D eigenvalue weighted by atomic mass is 10.0. The number of ether oxygens (including phenoxy) is 1. The van der Waals surface area contributed by atoms with Gasteiger partial charge in [0.05, 0.1) is 6.54 Å². The fourth-order valence-corrected chi connectivity index (χ4v) is 2.19. The number of imidazole rings is 1. The molecular weight excluding hydrogens is 250 g/mol. The summed E-state index contributed by atoms with van der Waals surface area (Å²) in [5.41, 5.74) is 2.45. The molecule has 1 aromatic carbocycles. The molecule has 0 radical (unpaired) electrons. The molecule has 0 amide bonds. The van der Waals surface area contributed by atoms with Crippen molar-refractivity contribution in [2.24, 2.45) is 0 Å². The van der Waals surface area contributed by atoms with Gasteiger partial charge in [-0.3, -0.25) is 0 Å². The molecule has 0 saturated carbocycles. The summed E-state index contributed by atoms with van der Waals surface area (Å²) in [4.78, 5) is 4.21. The van der Waals surface area contributed by atoms with Crippen LogP contribution in [-0.4, -0.2) is 23.2 Å². The third kappa shape index (κ3) is 3.39. The maximum absolute atomic E-state index is 5.95. The standard InChI is InChI=1S/C16H23N3O/c1-12-5-6-16(15(11-12)13(2)17-4)20-10-9-19-8-7-18-14(19)3/h5-8,11,13,17H,9-10H2,1-4H3. The zero-order valence-corrected chi connectivity index (χ0v) is 12.7. The number of hydrogen-bond acceptors (Lipinski definition) is 3. The Labute approximate surface area is 120 Å². The highest BCUT2D eigenvalue weighted by Crippen LogP contribution is 2.26. The van der Waals surface area contributed by atoms with Gasteiger partial charge in [0.1, 0.15) is 18.2 Å². The largest absolute Gasteiger partial charge is 0.491 e. The number of rotatable bonds is 6. The number of aromatic nitrogens is 2.